The maximum Gasteiger partial charge on any atom is 0.245 e. The normalized spacial score (nSPS) is 25.1. The van der Waals surface area contributed by atoms with Gasteiger partial charge in [-0.25, -0.2) is 0 Å². The minimum absolute atomic E-state index is 0.0394. The van der Waals surface area contributed by atoms with Crippen LogP contribution < -0.4 is 0 Å². The standard InChI is InChI=1S/C13H22N2O3/c1-9(16)8-14(2)13(18)11-4-3-7-15(11)12(17)10-5-6-10/h9-11,16H,3-8H2,1-2H3. The summed E-state index contributed by atoms with van der Waals surface area (Å²) in [7, 11) is 1.69. The number of nitrogens with zero attached hydrogens (tertiary/aromatic N) is 2. The Morgan fingerprint density at radius 2 is 2.06 bits per heavy atom. The number of hydrogen-bond acceptors (Lipinski definition) is 3. The second-order valence-electron chi connectivity index (χ2n) is 5.53. The molecule has 2 aliphatic rings. The van der Waals surface area contributed by atoms with Gasteiger partial charge in [0.05, 0.1) is 6.10 Å². The van der Waals surface area contributed by atoms with Crippen molar-refractivity contribution in [3.05, 3.63) is 0 Å². The monoisotopic (exact) mass is 254 g/mol. The zero-order valence-corrected chi connectivity index (χ0v) is 11.1. The minimum Gasteiger partial charge on any atom is -0.392 e. The average Bonchev–Trinajstić information content (AvgIpc) is 3.04. The number of aliphatic hydroxyl groups is 1. The van der Waals surface area contributed by atoms with Crippen LogP contribution in [0.1, 0.15) is 32.6 Å². The molecule has 2 rings (SSSR count). The molecule has 2 unspecified atom stereocenters. The van der Waals surface area contributed by atoms with E-state index in [-0.39, 0.29) is 23.8 Å². The summed E-state index contributed by atoms with van der Waals surface area (Å²) in [6, 6.07) is -0.304. The SMILES string of the molecule is CC(O)CN(C)C(=O)C1CCCN1C(=O)C1CC1. The Labute approximate surface area is 108 Å². The van der Waals surface area contributed by atoms with Crippen molar-refractivity contribution in [1.82, 2.24) is 9.80 Å². The summed E-state index contributed by atoms with van der Waals surface area (Å²) in [5.41, 5.74) is 0. The van der Waals surface area contributed by atoms with Crippen molar-refractivity contribution in [3.63, 3.8) is 0 Å². The van der Waals surface area contributed by atoms with Gasteiger partial charge in [0.15, 0.2) is 0 Å². The molecule has 2 atom stereocenters. The molecule has 2 fully saturated rings. The van der Waals surface area contributed by atoms with Crippen LogP contribution in [0, 0.1) is 5.92 Å². The Morgan fingerprint density at radius 3 is 2.61 bits per heavy atom. The fraction of sp³-hybridized carbons (Fsp3) is 0.846. The summed E-state index contributed by atoms with van der Waals surface area (Å²) < 4.78 is 0. The van der Waals surface area contributed by atoms with Crippen molar-refractivity contribution in [1.29, 1.82) is 0 Å². The third kappa shape index (κ3) is 2.83. The highest BCUT2D eigenvalue weighted by atomic mass is 16.3. The smallest absolute Gasteiger partial charge is 0.245 e. The van der Waals surface area contributed by atoms with E-state index in [2.05, 4.69) is 0 Å². The third-order valence-electron chi connectivity index (χ3n) is 3.66. The first kappa shape index (κ1) is 13.3. The van der Waals surface area contributed by atoms with E-state index >= 15 is 0 Å². The summed E-state index contributed by atoms with van der Waals surface area (Å²) >= 11 is 0. The zero-order valence-electron chi connectivity index (χ0n) is 11.1. The number of carbonyl (C=O) groups is 2. The van der Waals surface area contributed by atoms with Crippen molar-refractivity contribution in [2.45, 2.75) is 44.8 Å². The van der Waals surface area contributed by atoms with E-state index in [0.717, 1.165) is 25.7 Å². The first-order chi connectivity index (χ1) is 8.50. The molecule has 0 aromatic rings. The highest BCUT2D eigenvalue weighted by molar-refractivity contribution is 5.89. The minimum atomic E-state index is -0.534. The molecule has 1 aliphatic heterocycles. The second-order valence-corrected chi connectivity index (χ2v) is 5.53. The number of rotatable bonds is 4. The van der Waals surface area contributed by atoms with E-state index in [0.29, 0.717) is 13.1 Å². The summed E-state index contributed by atoms with van der Waals surface area (Å²) in [6.45, 7) is 2.68. The van der Waals surface area contributed by atoms with Crippen LogP contribution >= 0.6 is 0 Å². The Hall–Kier alpha value is -1.10. The summed E-state index contributed by atoms with van der Waals surface area (Å²) in [5.74, 6) is 0.277. The molecule has 1 saturated carbocycles. The van der Waals surface area contributed by atoms with E-state index < -0.39 is 6.10 Å². The molecule has 0 aromatic carbocycles. The third-order valence-corrected chi connectivity index (χ3v) is 3.66. The average molecular weight is 254 g/mol. The quantitative estimate of drug-likeness (QED) is 0.781. The van der Waals surface area contributed by atoms with Crippen LogP contribution in [0.25, 0.3) is 0 Å². The first-order valence-corrected chi connectivity index (χ1v) is 6.74. The number of likely N-dealkylation sites (tertiary alicyclic amines) is 1. The van der Waals surface area contributed by atoms with Gasteiger partial charge in [0, 0.05) is 26.1 Å². The van der Waals surface area contributed by atoms with Gasteiger partial charge in [-0.05, 0) is 32.6 Å². The number of amides is 2. The Kier molecular flexibility index (Phi) is 3.90. The van der Waals surface area contributed by atoms with Gasteiger partial charge in [0.25, 0.3) is 0 Å². The molecule has 1 aliphatic carbocycles. The molecule has 0 radical (unpaired) electrons. The zero-order chi connectivity index (χ0) is 13.3. The van der Waals surface area contributed by atoms with Gasteiger partial charge in [-0.3, -0.25) is 9.59 Å². The van der Waals surface area contributed by atoms with Crippen molar-refractivity contribution in [2.75, 3.05) is 20.1 Å². The molecular weight excluding hydrogens is 232 g/mol. The lowest BCUT2D eigenvalue weighted by atomic mass is 10.1. The molecular formula is C13H22N2O3. The molecule has 2 amide bonds. The predicted molar refractivity (Wildman–Crippen MR) is 66.8 cm³/mol. The molecule has 5 heteroatoms. The lowest BCUT2D eigenvalue weighted by molar-refractivity contribution is -0.144. The van der Waals surface area contributed by atoms with Crippen molar-refractivity contribution < 1.29 is 14.7 Å². The van der Waals surface area contributed by atoms with E-state index in [1.54, 1.807) is 18.9 Å². The molecule has 5 nitrogen and oxygen atoms in total. The van der Waals surface area contributed by atoms with Crippen LogP contribution in [0.15, 0.2) is 0 Å². The van der Waals surface area contributed by atoms with Crippen LogP contribution in [0.4, 0.5) is 0 Å². The number of likely N-dealkylation sites (N-methyl/N-ethyl adjacent to an activating group) is 1. The number of carbonyl (C=O) groups excluding carboxylic acids is 2. The van der Waals surface area contributed by atoms with E-state index in [4.69, 9.17) is 0 Å². The van der Waals surface area contributed by atoms with Crippen molar-refractivity contribution in [3.8, 4) is 0 Å². The molecule has 0 aromatic heterocycles. The summed E-state index contributed by atoms with van der Waals surface area (Å²) in [5, 5.41) is 9.31. The van der Waals surface area contributed by atoms with Crippen molar-refractivity contribution in [2.24, 2.45) is 5.92 Å². The highest BCUT2D eigenvalue weighted by Gasteiger charge is 2.41. The largest absolute Gasteiger partial charge is 0.392 e. The van der Waals surface area contributed by atoms with Gasteiger partial charge >= 0.3 is 0 Å². The van der Waals surface area contributed by atoms with Gasteiger partial charge in [-0.15, -0.1) is 0 Å². The fourth-order valence-corrected chi connectivity index (χ4v) is 2.59. The van der Waals surface area contributed by atoms with Gasteiger partial charge in [-0.1, -0.05) is 0 Å². The van der Waals surface area contributed by atoms with E-state index in [1.165, 1.54) is 4.90 Å². The van der Waals surface area contributed by atoms with Crippen molar-refractivity contribution >= 4 is 11.8 Å². The molecule has 1 N–H and O–H groups in total. The molecule has 1 heterocycles. The van der Waals surface area contributed by atoms with E-state index in [9.17, 15) is 14.7 Å². The maximum absolute atomic E-state index is 12.3. The molecule has 0 bridgehead atoms. The molecule has 0 spiro atoms. The first-order valence-electron chi connectivity index (χ1n) is 6.74. The fourth-order valence-electron chi connectivity index (χ4n) is 2.59. The van der Waals surface area contributed by atoms with Crippen LogP contribution in [-0.2, 0) is 9.59 Å². The highest BCUT2D eigenvalue weighted by Crippen LogP contribution is 2.33. The Bertz CT molecular complexity index is 339. The van der Waals surface area contributed by atoms with E-state index in [1.807, 2.05) is 0 Å². The number of aliphatic hydroxyl groups excluding tert-OH is 1. The molecule has 1 saturated heterocycles. The van der Waals surface area contributed by atoms with Gasteiger partial charge in [0.2, 0.25) is 11.8 Å². The van der Waals surface area contributed by atoms with Crippen LogP contribution in [0.5, 0.6) is 0 Å². The van der Waals surface area contributed by atoms with Gasteiger partial charge < -0.3 is 14.9 Å². The second kappa shape index (κ2) is 5.26. The van der Waals surface area contributed by atoms with Gasteiger partial charge in [0.1, 0.15) is 6.04 Å². The van der Waals surface area contributed by atoms with Gasteiger partial charge in [-0.2, -0.15) is 0 Å². The maximum atomic E-state index is 12.3. The van der Waals surface area contributed by atoms with Crippen LogP contribution in [0.2, 0.25) is 0 Å². The Morgan fingerprint density at radius 1 is 1.39 bits per heavy atom. The number of hydrogen-bond donors (Lipinski definition) is 1. The topological polar surface area (TPSA) is 60.9 Å². The molecule has 102 valence electrons. The molecule has 18 heavy (non-hydrogen) atoms. The summed E-state index contributed by atoms with van der Waals surface area (Å²) in [6.07, 6.45) is 3.06. The predicted octanol–water partition coefficient (Wildman–Crippen LogP) is 0.227. The summed E-state index contributed by atoms with van der Waals surface area (Å²) in [4.78, 5) is 27.6. The van der Waals surface area contributed by atoms with Crippen LogP contribution in [0.3, 0.4) is 0 Å². The van der Waals surface area contributed by atoms with Crippen LogP contribution in [-0.4, -0.2) is 59.0 Å². The lowest BCUT2D eigenvalue weighted by Gasteiger charge is -2.28. The lowest BCUT2D eigenvalue weighted by Crippen LogP contribution is -2.48. The Balaban J connectivity index is 1.97.